The molecule has 0 radical (unpaired) electrons. The number of hydrogen-bond donors (Lipinski definition) is 1. The predicted octanol–water partition coefficient (Wildman–Crippen LogP) is 5.79. The number of hydrogen-bond acceptors (Lipinski definition) is 4. The first-order valence-electron chi connectivity index (χ1n) is 9.55. The Kier molecular flexibility index (Phi) is 4.29. The number of aromatic nitrogens is 1. The van der Waals surface area contributed by atoms with Crippen molar-refractivity contribution >= 4 is 33.3 Å². The molecule has 0 bridgehead atoms. The number of nitrogens with zero attached hydrogens (tertiary/aromatic N) is 1. The van der Waals surface area contributed by atoms with Crippen molar-refractivity contribution in [1.29, 1.82) is 0 Å². The second kappa shape index (κ2) is 7.12. The van der Waals surface area contributed by atoms with E-state index in [2.05, 4.69) is 5.16 Å². The number of nitrogens with two attached hydrogens (primary N) is 1. The predicted molar refractivity (Wildman–Crippen MR) is 116 cm³/mol. The third kappa shape index (κ3) is 3.01. The van der Waals surface area contributed by atoms with Crippen molar-refractivity contribution in [3.05, 3.63) is 95.8 Å². The molecule has 0 unspecified atom stereocenters. The molecule has 4 aromatic carbocycles. The largest absolute Gasteiger partial charge is 0.380 e. The molecule has 5 rings (SSSR count). The van der Waals surface area contributed by atoms with Gasteiger partial charge in [0.25, 0.3) is 0 Å². The van der Waals surface area contributed by atoms with Gasteiger partial charge in [-0.05, 0) is 39.6 Å². The maximum Gasteiger partial charge on any atom is 0.205 e. The highest BCUT2D eigenvalue weighted by Crippen LogP contribution is 2.35. The lowest BCUT2D eigenvalue weighted by atomic mass is 9.94. The number of rotatable bonds is 4. The van der Waals surface area contributed by atoms with Crippen LogP contribution in [0.3, 0.4) is 0 Å². The van der Waals surface area contributed by atoms with Crippen LogP contribution in [0.1, 0.15) is 15.9 Å². The third-order valence-corrected chi connectivity index (χ3v) is 5.30. The molecule has 0 aliphatic rings. The standard InChI is InChI=1S/C25H17FN2O2/c26-21-12-11-19(23-24(21)30-28-25(23)27)17-9-10-18-16(14-17)7-4-8-20(18)22(29)13-15-5-2-1-3-6-15/h1-12,14H,13H2,(H2,27,28). The second-order valence-electron chi connectivity index (χ2n) is 7.19. The monoisotopic (exact) mass is 396 g/mol. The van der Waals surface area contributed by atoms with Crippen LogP contribution in [0.15, 0.2) is 83.4 Å². The summed E-state index contributed by atoms with van der Waals surface area (Å²) in [5, 5.41) is 5.94. The molecule has 0 saturated carbocycles. The molecule has 5 aromatic rings. The number of halogens is 1. The molecule has 0 saturated heterocycles. The number of Topliss-reactive ketones (excluding diaryl/α,β-unsaturated/α-hetero) is 1. The maximum absolute atomic E-state index is 14.0. The molecule has 1 aromatic heterocycles. The Balaban J connectivity index is 1.59. The van der Waals surface area contributed by atoms with E-state index in [9.17, 15) is 9.18 Å². The zero-order valence-corrected chi connectivity index (χ0v) is 15.9. The normalized spacial score (nSPS) is 11.2. The van der Waals surface area contributed by atoms with Crippen molar-refractivity contribution in [3.8, 4) is 11.1 Å². The molecule has 0 atom stereocenters. The molecular weight excluding hydrogens is 379 g/mol. The molecule has 0 amide bonds. The van der Waals surface area contributed by atoms with E-state index in [0.717, 1.165) is 27.5 Å². The summed E-state index contributed by atoms with van der Waals surface area (Å²) in [7, 11) is 0. The summed E-state index contributed by atoms with van der Waals surface area (Å²) in [5.41, 5.74) is 9.18. The van der Waals surface area contributed by atoms with Crippen LogP contribution in [0.25, 0.3) is 32.9 Å². The van der Waals surface area contributed by atoms with E-state index >= 15 is 0 Å². The number of carbonyl (C=O) groups is 1. The molecule has 5 heteroatoms. The summed E-state index contributed by atoms with van der Waals surface area (Å²) in [6.45, 7) is 0. The van der Waals surface area contributed by atoms with E-state index in [-0.39, 0.29) is 17.2 Å². The topological polar surface area (TPSA) is 69.1 Å². The first-order valence-corrected chi connectivity index (χ1v) is 9.55. The highest BCUT2D eigenvalue weighted by Gasteiger charge is 2.17. The fourth-order valence-electron chi connectivity index (χ4n) is 3.85. The number of anilines is 1. The first-order chi connectivity index (χ1) is 14.6. The molecule has 0 aliphatic carbocycles. The van der Waals surface area contributed by atoms with Crippen LogP contribution in [0.4, 0.5) is 10.2 Å². The Hall–Kier alpha value is -3.99. The van der Waals surface area contributed by atoms with E-state index in [0.29, 0.717) is 17.4 Å². The van der Waals surface area contributed by atoms with Crippen molar-refractivity contribution in [1.82, 2.24) is 5.16 Å². The van der Waals surface area contributed by atoms with Crippen molar-refractivity contribution < 1.29 is 13.7 Å². The summed E-state index contributed by atoms with van der Waals surface area (Å²) in [6.07, 6.45) is 0.345. The number of benzene rings is 4. The fraction of sp³-hybridized carbons (Fsp3) is 0.0400. The lowest BCUT2D eigenvalue weighted by molar-refractivity contribution is 0.0994. The summed E-state index contributed by atoms with van der Waals surface area (Å²) in [5.74, 6) is -0.300. The van der Waals surface area contributed by atoms with Gasteiger partial charge < -0.3 is 10.3 Å². The molecular formula is C25H17FN2O2. The van der Waals surface area contributed by atoms with Gasteiger partial charge in [0, 0.05) is 12.0 Å². The van der Waals surface area contributed by atoms with Gasteiger partial charge in [-0.25, -0.2) is 4.39 Å². The van der Waals surface area contributed by atoms with E-state index in [1.54, 1.807) is 6.07 Å². The van der Waals surface area contributed by atoms with Crippen molar-refractivity contribution in [3.63, 3.8) is 0 Å². The summed E-state index contributed by atoms with van der Waals surface area (Å²) < 4.78 is 19.1. The van der Waals surface area contributed by atoms with Gasteiger partial charge in [-0.3, -0.25) is 4.79 Å². The highest BCUT2D eigenvalue weighted by atomic mass is 19.1. The van der Waals surface area contributed by atoms with Gasteiger partial charge >= 0.3 is 0 Å². The van der Waals surface area contributed by atoms with Gasteiger partial charge in [0.2, 0.25) is 5.58 Å². The Labute approximate surface area is 171 Å². The fourth-order valence-corrected chi connectivity index (χ4v) is 3.85. The summed E-state index contributed by atoms with van der Waals surface area (Å²) in [6, 6.07) is 24.2. The van der Waals surface area contributed by atoms with E-state index < -0.39 is 5.82 Å². The number of nitrogen functional groups attached to an aromatic ring is 1. The molecule has 2 N–H and O–H groups in total. The minimum atomic E-state index is -0.507. The van der Waals surface area contributed by atoms with Crippen LogP contribution in [0.5, 0.6) is 0 Å². The third-order valence-electron chi connectivity index (χ3n) is 5.30. The minimum Gasteiger partial charge on any atom is -0.380 e. The number of ketones is 1. The van der Waals surface area contributed by atoms with Crippen LogP contribution in [0.2, 0.25) is 0 Å². The number of fused-ring (bicyclic) bond motifs is 2. The van der Waals surface area contributed by atoms with Crippen LogP contribution < -0.4 is 5.73 Å². The maximum atomic E-state index is 14.0. The van der Waals surface area contributed by atoms with Gasteiger partial charge in [-0.2, -0.15) is 0 Å². The Morgan fingerprint density at radius 1 is 0.967 bits per heavy atom. The van der Waals surface area contributed by atoms with Crippen molar-refractivity contribution in [2.45, 2.75) is 6.42 Å². The lowest BCUT2D eigenvalue weighted by Gasteiger charge is -2.09. The molecule has 0 fully saturated rings. The first kappa shape index (κ1) is 18.1. The smallest absolute Gasteiger partial charge is 0.205 e. The Bertz CT molecular complexity index is 1410. The van der Waals surface area contributed by atoms with Crippen molar-refractivity contribution in [2.75, 3.05) is 5.73 Å². The second-order valence-corrected chi connectivity index (χ2v) is 7.19. The SMILES string of the molecule is Nc1noc2c(F)ccc(-c3ccc4c(C(=O)Cc5ccccc5)cccc4c3)c12. The van der Waals surface area contributed by atoms with Crippen LogP contribution in [-0.4, -0.2) is 10.9 Å². The molecule has 4 nitrogen and oxygen atoms in total. The Morgan fingerprint density at radius 2 is 1.80 bits per heavy atom. The van der Waals surface area contributed by atoms with Crippen LogP contribution >= 0.6 is 0 Å². The quantitative estimate of drug-likeness (QED) is 0.390. The zero-order chi connectivity index (χ0) is 20.7. The molecule has 1 heterocycles. The summed E-state index contributed by atoms with van der Waals surface area (Å²) in [4.78, 5) is 12.9. The van der Waals surface area contributed by atoms with Gasteiger partial charge in [-0.1, -0.05) is 71.9 Å². The van der Waals surface area contributed by atoms with Gasteiger partial charge in [0.05, 0.1) is 5.39 Å². The van der Waals surface area contributed by atoms with Crippen LogP contribution in [-0.2, 0) is 6.42 Å². The van der Waals surface area contributed by atoms with Crippen LogP contribution in [0, 0.1) is 5.82 Å². The zero-order valence-electron chi connectivity index (χ0n) is 15.9. The lowest BCUT2D eigenvalue weighted by Crippen LogP contribution is -2.04. The molecule has 0 spiro atoms. The highest BCUT2D eigenvalue weighted by molar-refractivity contribution is 6.10. The average molecular weight is 396 g/mol. The van der Waals surface area contributed by atoms with E-state index in [1.807, 2.05) is 66.7 Å². The molecule has 30 heavy (non-hydrogen) atoms. The van der Waals surface area contributed by atoms with Crippen molar-refractivity contribution in [2.24, 2.45) is 0 Å². The number of carbonyl (C=O) groups excluding carboxylic acids is 1. The minimum absolute atomic E-state index is 0.0388. The van der Waals surface area contributed by atoms with E-state index in [1.165, 1.54) is 6.07 Å². The average Bonchev–Trinajstić information content (AvgIpc) is 3.16. The molecule has 146 valence electrons. The van der Waals surface area contributed by atoms with Gasteiger partial charge in [0.15, 0.2) is 17.4 Å². The Morgan fingerprint density at radius 3 is 2.63 bits per heavy atom. The van der Waals surface area contributed by atoms with Gasteiger partial charge in [0.1, 0.15) is 0 Å². The van der Waals surface area contributed by atoms with E-state index in [4.69, 9.17) is 10.3 Å². The summed E-state index contributed by atoms with van der Waals surface area (Å²) >= 11 is 0. The van der Waals surface area contributed by atoms with Gasteiger partial charge in [-0.15, -0.1) is 0 Å². The molecule has 0 aliphatic heterocycles.